The van der Waals surface area contributed by atoms with E-state index in [1.807, 2.05) is 6.08 Å². The molecule has 94 valence electrons. The fourth-order valence-electron chi connectivity index (χ4n) is 2.31. The van der Waals surface area contributed by atoms with Crippen LogP contribution in [0.3, 0.4) is 0 Å². The van der Waals surface area contributed by atoms with Crippen molar-refractivity contribution in [1.29, 1.82) is 0 Å². The van der Waals surface area contributed by atoms with Crippen LogP contribution in [-0.2, 0) is 9.53 Å². The molecule has 0 aromatic heterocycles. The maximum absolute atomic E-state index is 11.5. The minimum atomic E-state index is -1.03. The summed E-state index contributed by atoms with van der Waals surface area (Å²) in [6.07, 6.45) is 5.74. The Balaban J connectivity index is 2.24. The van der Waals surface area contributed by atoms with Crippen LogP contribution in [0.5, 0.6) is 0 Å². The molecule has 3 unspecified atom stereocenters. The van der Waals surface area contributed by atoms with Crippen LogP contribution in [0, 0.1) is 5.92 Å². The molecule has 1 aliphatic heterocycles. The summed E-state index contributed by atoms with van der Waals surface area (Å²) in [6, 6.07) is -0.723. The van der Waals surface area contributed by atoms with E-state index in [1.54, 1.807) is 12.2 Å². The summed E-state index contributed by atoms with van der Waals surface area (Å²) in [4.78, 5) is 11.5. The van der Waals surface area contributed by atoms with Gasteiger partial charge in [-0.15, -0.1) is 0 Å². The Kier molecular flexibility index (Phi) is 3.39. The lowest BCUT2D eigenvalue weighted by atomic mass is 9.81. The van der Waals surface area contributed by atoms with Crippen LogP contribution < -0.4 is 11.1 Å². The van der Waals surface area contributed by atoms with Gasteiger partial charge in [0.2, 0.25) is 0 Å². The van der Waals surface area contributed by atoms with Gasteiger partial charge in [-0.2, -0.15) is 0 Å². The lowest BCUT2D eigenvalue weighted by Gasteiger charge is -2.42. The van der Waals surface area contributed by atoms with Gasteiger partial charge in [-0.05, 0) is 18.6 Å². The van der Waals surface area contributed by atoms with Gasteiger partial charge < -0.3 is 15.8 Å². The summed E-state index contributed by atoms with van der Waals surface area (Å²) in [5, 5.41) is 3.08. The Morgan fingerprint density at radius 1 is 1.65 bits per heavy atom. The molecule has 6 heteroatoms. The lowest BCUT2D eigenvalue weighted by molar-refractivity contribution is -0.143. The average Bonchev–Trinajstić information content (AvgIpc) is 2.26. The molecule has 0 spiro atoms. The van der Waals surface area contributed by atoms with E-state index in [-0.39, 0.29) is 17.9 Å². The first-order valence-corrected chi connectivity index (χ1v) is 6.08. The summed E-state index contributed by atoms with van der Waals surface area (Å²) in [6.45, 7) is 0. The van der Waals surface area contributed by atoms with E-state index in [1.165, 1.54) is 7.11 Å². The molecule has 2 rings (SSSR count). The van der Waals surface area contributed by atoms with Gasteiger partial charge in [-0.1, -0.05) is 29.3 Å². The van der Waals surface area contributed by atoms with Crippen molar-refractivity contribution in [3.05, 3.63) is 23.9 Å². The minimum Gasteiger partial charge on any atom is -0.467 e. The number of piperidine rings is 1. The highest BCUT2D eigenvalue weighted by molar-refractivity contribution is 6.50. The Bertz CT molecular complexity index is 393. The second kappa shape index (κ2) is 4.52. The number of rotatable bonds is 1. The Hall–Kier alpha value is -0.710. The van der Waals surface area contributed by atoms with Crippen LogP contribution in [0.15, 0.2) is 23.9 Å². The molecule has 1 heterocycles. The zero-order chi connectivity index (χ0) is 12.6. The second-order valence-corrected chi connectivity index (χ2v) is 5.70. The molecule has 2 aliphatic rings. The number of carbonyl (C=O) groups is 1. The van der Waals surface area contributed by atoms with Crippen molar-refractivity contribution in [3.63, 3.8) is 0 Å². The highest BCUT2D eigenvalue weighted by Crippen LogP contribution is 2.42. The average molecular weight is 277 g/mol. The third-order valence-corrected chi connectivity index (χ3v) is 3.83. The molecule has 0 saturated carbocycles. The molecular formula is C11H14Cl2N2O2. The number of methoxy groups -OCH3 is 1. The molecule has 0 aromatic rings. The van der Waals surface area contributed by atoms with Crippen LogP contribution in [0.2, 0.25) is 0 Å². The number of nitrogens with one attached hydrogen (secondary N) is 1. The highest BCUT2D eigenvalue weighted by atomic mass is 35.5. The molecule has 0 aromatic carbocycles. The second-order valence-electron chi connectivity index (χ2n) is 4.25. The van der Waals surface area contributed by atoms with Crippen molar-refractivity contribution in [2.75, 3.05) is 7.11 Å². The van der Waals surface area contributed by atoms with Crippen LogP contribution in [-0.4, -0.2) is 29.5 Å². The largest absolute Gasteiger partial charge is 0.467 e. The SMILES string of the molecule is COC(=O)C1CC(N)C2C(=CC=CC2(Cl)Cl)N1. The van der Waals surface area contributed by atoms with Crippen molar-refractivity contribution >= 4 is 29.2 Å². The highest BCUT2D eigenvalue weighted by Gasteiger charge is 2.46. The van der Waals surface area contributed by atoms with E-state index < -0.39 is 10.4 Å². The summed E-state index contributed by atoms with van der Waals surface area (Å²) in [7, 11) is 1.35. The van der Waals surface area contributed by atoms with Crippen molar-refractivity contribution in [2.24, 2.45) is 11.7 Å². The minimum absolute atomic E-state index is 0.225. The summed E-state index contributed by atoms with van der Waals surface area (Å²) in [5.74, 6) is -0.555. The smallest absolute Gasteiger partial charge is 0.328 e. The number of carbonyl (C=O) groups excluding carboxylic acids is 1. The van der Waals surface area contributed by atoms with E-state index in [2.05, 4.69) is 5.32 Å². The number of hydrogen-bond donors (Lipinski definition) is 2. The van der Waals surface area contributed by atoms with Crippen molar-refractivity contribution in [3.8, 4) is 0 Å². The van der Waals surface area contributed by atoms with Gasteiger partial charge in [0.1, 0.15) is 10.4 Å². The fraction of sp³-hybridized carbons (Fsp3) is 0.545. The quantitative estimate of drug-likeness (QED) is 0.556. The van der Waals surface area contributed by atoms with Crippen LogP contribution in [0.25, 0.3) is 0 Å². The monoisotopic (exact) mass is 276 g/mol. The fourth-order valence-corrected chi connectivity index (χ4v) is 3.02. The molecule has 1 aliphatic carbocycles. The number of halogens is 2. The Morgan fingerprint density at radius 2 is 2.35 bits per heavy atom. The Morgan fingerprint density at radius 3 is 3.00 bits per heavy atom. The summed E-state index contributed by atoms with van der Waals surface area (Å²) < 4.78 is 3.67. The van der Waals surface area contributed by atoms with Crippen LogP contribution in [0.1, 0.15) is 6.42 Å². The molecule has 0 bridgehead atoms. The number of allylic oxidation sites excluding steroid dienone is 3. The maximum atomic E-state index is 11.5. The van der Waals surface area contributed by atoms with Gasteiger partial charge in [-0.3, -0.25) is 0 Å². The normalized spacial score (nSPS) is 34.4. The number of hydrogen-bond acceptors (Lipinski definition) is 4. The zero-order valence-corrected chi connectivity index (χ0v) is 10.8. The van der Waals surface area contributed by atoms with Crippen molar-refractivity contribution in [2.45, 2.75) is 22.8 Å². The summed E-state index contributed by atoms with van der Waals surface area (Å²) in [5.41, 5.74) is 6.84. The first-order chi connectivity index (χ1) is 7.95. The number of fused-ring (bicyclic) bond motifs is 1. The van der Waals surface area contributed by atoms with Gasteiger partial charge in [0.15, 0.2) is 0 Å². The van der Waals surface area contributed by atoms with E-state index in [0.717, 1.165) is 5.70 Å². The van der Waals surface area contributed by atoms with E-state index >= 15 is 0 Å². The van der Waals surface area contributed by atoms with E-state index in [9.17, 15) is 4.79 Å². The topological polar surface area (TPSA) is 64.3 Å². The lowest BCUT2D eigenvalue weighted by Crippen LogP contribution is -2.56. The number of alkyl halides is 2. The number of esters is 1. The number of ether oxygens (including phenoxy) is 1. The summed E-state index contributed by atoms with van der Waals surface area (Å²) >= 11 is 12.4. The third kappa shape index (κ3) is 2.30. The van der Waals surface area contributed by atoms with Gasteiger partial charge in [-0.25, -0.2) is 4.79 Å². The third-order valence-electron chi connectivity index (χ3n) is 3.11. The van der Waals surface area contributed by atoms with Gasteiger partial charge in [0.25, 0.3) is 0 Å². The van der Waals surface area contributed by atoms with Crippen LogP contribution in [0.4, 0.5) is 0 Å². The molecular weight excluding hydrogens is 263 g/mol. The van der Waals surface area contributed by atoms with E-state index in [0.29, 0.717) is 6.42 Å². The molecule has 0 amide bonds. The zero-order valence-electron chi connectivity index (χ0n) is 9.32. The van der Waals surface area contributed by atoms with E-state index in [4.69, 9.17) is 33.7 Å². The molecule has 3 atom stereocenters. The van der Waals surface area contributed by atoms with Gasteiger partial charge >= 0.3 is 5.97 Å². The molecule has 1 saturated heterocycles. The molecule has 1 fully saturated rings. The molecule has 3 N–H and O–H groups in total. The first-order valence-electron chi connectivity index (χ1n) is 5.33. The predicted octanol–water partition coefficient (Wildman–Crippen LogP) is 1.09. The molecule has 17 heavy (non-hydrogen) atoms. The number of nitrogens with two attached hydrogens (primary N) is 1. The van der Waals surface area contributed by atoms with Gasteiger partial charge in [0.05, 0.1) is 13.0 Å². The van der Waals surface area contributed by atoms with Crippen molar-refractivity contribution < 1.29 is 9.53 Å². The standard InChI is InChI=1S/C11H14Cl2N2O2/c1-17-10(16)8-5-6(14)9-7(15-8)3-2-4-11(9,12)13/h2-4,6,8-9,15H,5,14H2,1H3. The first kappa shape index (κ1) is 12.7. The van der Waals surface area contributed by atoms with Crippen molar-refractivity contribution in [1.82, 2.24) is 5.32 Å². The molecule has 4 nitrogen and oxygen atoms in total. The predicted molar refractivity (Wildman–Crippen MR) is 66.7 cm³/mol. The Labute approximate surface area is 110 Å². The van der Waals surface area contributed by atoms with Gasteiger partial charge in [0, 0.05) is 11.7 Å². The maximum Gasteiger partial charge on any atom is 0.328 e. The molecule has 0 radical (unpaired) electrons. The van der Waals surface area contributed by atoms with Crippen LogP contribution >= 0.6 is 23.2 Å².